The van der Waals surface area contributed by atoms with Gasteiger partial charge in [-0.25, -0.2) is 14.4 Å². The smallest absolute Gasteiger partial charge is 0.338 e. The van der Waals surface area contributed by atoms with Gasteiger partial charge in [0, 0.05) is 19.8 Å². The summed E-state index contributed by atoms with van der Waals surface area (Å²) in [5.74, 6) is -0.529. The van der Waals surface area contributed by atoms with Crippen molar-refractivity contribution in [3.8, 4) is 0 Å². The molecule has 7 heteroatoms. The Hall–Kier alpha value is -3.87. The molecule has 0 bridgehead atoms. The highest BCUT2D eigenvalue weighted by Crippen LogP contribution is 2.29. The summed E-state index contributed by atoms with van der Waals surface area (Å²) >= 11 is 0. The molecule has 3 aromatic rings. The summed E-state index contributed by atoms with van der Waals surface area (Å²) in [6.07, 6.45) is 1.68. The van der Waals surface area contributed by atoms with Crippen LogP contribution in [-0.4, -0.2) is 31.7 Å². The van der Waals surface area contributed by atoms with Crippen molar-refractivity contribution < 1.29 is 13.9 Å². The number of allylic oxidation sites excluding steroid dienone is 1. The van der Waals surface area contributed by atoms with Crippen molar-refractivity contribution in [2.75, 3.05) is 26.1 Å². The Bertz CT molecular complexity index is 1330. The van der Waals surface area contributed by atoms with E-state index in [-0.39, 0.29) is 16.7 Å². The van der Waals surface area contributed by atoms with Gasteiger partial charge in [-0.3, -0.25) is 4.79 Å². The van der Waals surface area contributed by atoms with Crippen LogP contribution < -0.4 is 21.6 Å². The first-order valence-corrected chi connectivity index (χ1v) is 9.84. The molecule has 0 fully saturated rings. The summed E-state index contributed by atoms with van der Waals surface area (Å²) in [5, 5.41) is 0. The fourth-order valence-electron chi connectivity index (χ4n) is 3.66. The van der Waals surface area contributed by atoms with Gasteiger partial charge in [-0.1, -0.05) is 42.5 Å². The van der Waals surface area contributed by atoms with E-state index in [0.29, 0.717) is 11.3 Å². The molecule has 31 heavy (non-hydrogen) atoms. The van der Waals surface area contributed by atoms with Crippen molar-refractivity contribution in [3.63, 3.8) is 0 Å². The summed E-state index contributed by atoms with van der Waals surface area (Å²) in [7, 11) is 5.24. The number of ether oxygens (including phenoxy) is 1. The van der Waals surface area contributed by atoms with Gasteiger partial charge >= 0.3 is 11.7 Å². The Labute approximate surface area is 179 Å². The third-order valence-corrected chi connectivity index (χ3v) is 5.25. The Balaban J connectivity index is 1.91. The zero-order valence-corrected chi connectivity index (χ0v) is 17.8. The van der Waals surface area contributed by atoms with Gasteiger partial charge in [0.05, 0.1) is 18.4 Å². The predicted molar refractivity (Wildman–Crippen MR) is 117 cm³/mol. The SMILES string of the molecule is COC(=O)C1=C(C)N=c2o/c(=C/c3ccc(N(C)C)cc3)c(=O)n2C1c1ccccc1. The Morgan fingerprint density at radius 3 is 2.42 bits per heavy atom. The largest absolute Gasteiger partial charge is 0.466 e. The van der Waals surface area contributed by atoms with E-state index in [1.165, 1.54) is 11.7 Å². The molecule has 0 amide bonds. The van der Waals surface area contributed by atoms with Crippen LogP contribution in [0.3, 0.4) is 0 Å². The van der Waals surface area contributed by atoms with Gasteiger partial charge in [0.1, 0.15) is 6.04 Å². The molecule has 0 spiro atoms. The van der Waals surface area contributed by atoms with Gasteiger partial charge in [-0.05, 0) is 36.3 Å². The van der Waals surface area contributed by atoms with E-state index in [0.717, 1.165) is 16.8 Å². The lowest BCUT2D eigenvalue weighted by atomic mass is 9.96. The molecule has 0 radical (unpaired) electrons. The van der Waals surface area contributed by atoms with Crippen LogP contribution >= 0.6 is 0 Å². The van der Waals surface area contributed by atoms with E-state index in [9.17, 15) is 9.59 Å². The molecule has 1 unspecified atom stereocenters. The first-order valence-electron chi connectivity index (χ1n) is 9.84. The molecule has 0 aliphatic carbocycles. The fourth-order valence-corrected chi connectivity index (χ4v) is 3.66. The second-order valence-corrected chi connectivity index (χ2v) is 7.47. The molecule has 0 N–H and O–H groups in total. The van der Waals surface area contributed by atoms with E-state index >= 15 is 0 Å². The summed E-state index contributed by atoms with van der Waals surface area (Å²) < 4.78 is 12.2. The molecule has 1 aliphatic heterocycles. The number of fused-ring (bicyclic) bond motifs is 1. The molecule has 7 nitrogen and oxygen atoms in total. The van der Waals surface area contributed by atoms with E-state index in [1.54, 1.807) is 13.0 Å². The van der Waals surface area contributed by atoms with Crippen LogP contribution in [0.15, 0.2) is 80.1 Å². The number of anilines is 1. The molecule has 1 atom stereocenters. The zero-order chi connectivity index (χ0) is 22.1. The standard InChI is InChI=1S/C24H23N3O4/c1-15-20(23(29)30-4)21(17-8-6-5-7-9-17)27-22(28)19(31-24(27)25-15)14-16-10-12-18(13-11-16)26(2)3/h5-14,21H,1-4H3/b19-14+. The number of carbonyl (C=O) groups is 1. The number of rotatable bonds is 4. The molecule has 0 saturated carbocycles. The molecular formula is C24H23N3O4. The minimum atomic E-state index is -0.685. The van der Waals surface area contributed by atoms with Crippen molar-refractivity contribution in [1.82, 2.24) is 4.57 Å². The number of benzene rings is 2. The van der Waals surface area contributed by atoms with Crippen molar-refractivity contribution in [2.45, 2.75) is 13.0 Å². The van der Waals surface area contributed by atoms with Gasteiger partial charge in [-0.15, -0.1) is 0 Å². The Morgan fingerprint density at radius 2 is 1.81 bits per heavy atom. The molecular weight excluding hydrogens is 394 g/mol. The van der Waals surface area contributed by atoms with Crippen LogP contribution in [0, 0.1) is 0 Å². The number of aromatic nitrogens is 1. The lowest BCUT2D eigenvalue weighted by Gasteiger charge is -2.23. The van der Waals surface area contributed by atoms with Crippen LogP contribution in [0.2, 0.25) is 0 Å². The summed E-state index contributed by atoms with van der Waals surface area (Å²) in [6.45, 7) is 1.71. The molecule has 158 valence electrons. The molecule has 2 aromatic carbocycles. The molecule has 1 aliphatic rings. The van der Waals surface area contributed by atoms with Crippen molar-refractivity contribution >= 4 is 17.7 Å². The summed E-state index contributed by atoms with van der Waals surface area (Å²) in [4.78, 5) is 32.3. The van der Waals surface area contributed by atoms with E-state index in [4.69, 9.17) is 9.15 Å². The second kappa shape index (κ2) is 8.10. The quantitative estimate of drug-likeness (QED) is 0.607. The van der Waals surface area contributed by atoms with Gasteiger partial charge < -0.3 is 14.1 Å². The maximum absolute atomic E-state index is 13.3. The molecule has 2 heterocycles. The topological polar surface area (TPSA) is 77.0 Å². The third-order valence-electron chi connectivity index (χ3n) is 5.25. The lowest BCUT2D eigenvalue weighted by molar-refractivity contribution is -0.136. The van der Waals surface area contributed by atoms with Crippen molar-refractivity contribution in [3.05, 3.63) is 98.4 Å². The molecule has 1 aromatic heterocycles. The maximum Gasteiger partial charge on any atom is 0.338 e. The van der Waals surface area contributed by atoms with Gasteiger partial charge in [0.15, 0.2) is 5.42 Å². The minimum absolute atomic E-state index is 0.149. The van der Waals surface area contributed by atoms with Gasteiger partial charge in [0.2, 0.25) is 0 Å². The third kappa shape index (κ3) is 3.70. The Morgan fingerprint density at radius 1 is 1.13 bits per heavy atom. The monoisotopic (exact) mass is 417 g/mol. The van der Waals surface area contributed by atoms with Crippen LogP contribution in [0.5, 0.6) is 0 Å². The number of esters is 1. The first-order chi connectivity index (χ1) is 14.9. The van der Waals surface area contributed by atoms with Crippen LogP contribution in [0.1, 0.15) is 24.1 Å². The number of hydrogen-bond acceptors (Lipinski definition) is 6. The maximum atomic E-state index is 13.3. The second-order valence-electron chi connectivity index (χ2n) is 7.47. The average molecular weight is 417 g/mol. The molecule has 4 rings (SSSR count). The van der Waals surface area contributed by atoms with Gasteiger partial charge in [-0.2, -0.15) is 0 Å². The van der Waals surface area contributed by atoms with E-state index in [1.807, 2.05) is 73.6 Å². The van der Waals surface area contributed by atoms with E-state index in [2.05, 4.69) is 4.99 Å². The zero-order valence-electron chi connectivity index (χ0n) is 17.8. The van der Waals surface area contributed by atoms with Crippen LogP contribution in [-0.2, 0) is 9.53 Å². The summed E-state index contributed by atoms with van der Waals surface area (Å²) in [5.41, 5.74) is 3.35. The average Bonchev–Trinajstić information content (AvgIpc) is 3.07. The summed E-state index contributed by atoms with van der Waals surface area (Å²) in [6, 6.07) is 16.4. The number of oxazole rings is 1. The lowest BCUT2D eigenvalue weighted by Crippen LogP contribution is -2.39. The van der Waals surface area contributed by atoms with Crippen molar-refractivity contribution in [1.29, 1.82) is 0 Å². The molecule has 0 saturated heterocycles. The first kappa shape index (κ1) is 20.4. The highest BCUT2D eigenvalue weighted by atomic mass is 16.5. The van der Waals surface area contributed by atoms with Crippen LogP contribution in [0.25, 0.3) is 6.08 Å². The number of carbonyl (C=O) groups excluding carboxylic acids is 1. The number of hydrogen-bond donors (Lipinski definition) is 0. The fraction of sp³-hybridized carbons (Fsp3) is 0.208. The minimum Gasteiger partial charge on any atom is -0.466 e. The predicted octanol–water partition coefficient (Wildman–Crippen LogP) is 2.01. The normalized spacial score (nSPS) is 16.0. The van der Waals surface area contributed by atoms with Crippen LogP contribution in [0.4, 0.5) is 5.69 Å². The van der Waals surface area contributed by atoms with E-state index < -0.39 is 12.0 Å². The van der Waals surface area contributed by atoms with Crippen molar-refractivity contribution in [2.24, 2.45) is 4.99 Å². The highest BCUT2D eigenvalue weighted by Gasteiger charge is 2.33. The number of nitrogens with zero attached hydrogens (tertiary/aromatic N) is 3. The Kier molecular flexibility index (Phi) is 5.33. The number of methoxy groups -OCH3 is 1. The van der Waals surface area contributed by atoms with Gasteiger partial charge in [0.25, 0.3) is 5.56 Å². The highest BCUT2D eigenvalue weighted by molar-refractivity contribution is 5.91.